The van der Waals surface area contributed by atoms with E-state index in [0.717, 1.165) is 8.95 Å². The zero-order chi connectivity index (χ0) is 11.6. The van der Waals surface area contributed by atoms with Gasteiger partial charge in [-0.15, -0.1) is 0 Å². The summed E-state index contributed by atoms with van der Waals surface area (Å²) in [6.07, 6.45) is 0. The van der Waals surface area contributed by atoms with Gasteiger partial charge in [0.15, 0.2) is 5.60 Å². The summed E-state index contributed by atoms with van der Waals surface area (Å²) in [6, 6.07) is 5.43. The molecule has 1 aromatic carbocycles. The van der Waals surface area contributed by atoms with E-state index in [9.17, 15) is 4.79 Å². The predicted molar refractivity (Wildman–Crippen MR) is 65.7 cm³/mol. The first kappa shape index (κ1) is 12.5. The maximum Gasteiger partial charge on any atom is 0.261 e. The van der Waals surface area contributed by atoms with Crippen LogP contribution in [0.3, 0.4) is 0 Å². The van der Waals surface area contributed by atoms with Crippen LogP contribution in [0.2, 0.25) is 0 Å². The van der Waals surface area contributed by atoms with Crippen LogP contribution in [0.4, 0.5) is 0 Å². The van der Waals surface area contributed by atoms with E-state index in [1.54, 1.807) is 19.9 Å². The highest BCUT2D eigenvalue weighted by Crippen LogP contribution is 2.30. The van der Waals surface area contributed by atoms with Crippen molar-refractivity contribution in [3.63, 3.8) is 0 Å². The van der Waals surface area contributed by atoms with Crippen molar-refractivity contribution in [1.29, 1.82) is 0 Å². The smallest absolute Gasteiger partial charge is 0.261 e. The molecule has 0 saturated carbocycles. The third kappa shape index (κ3) is 3.21. The van der Waals surface area contributed by atoms with Crippen molar-refractivity contribution in [3.8, 4) is 5.75 Å². The molecule has 0 unspecified atom stereocenters. The minimum Gasteiger partial charge on any atom is -0.477 e. The minimum atomic E-state index is -1.02. The Morgan fingerprint density at radius 3 is 2.47 bits per heavy atom. The SMILES string of the molecule is CC(C)(Oc1ccc(Br)cc1Br)C(N)=O. The first-order chi connectivity index (χ1) is 6.83. The van der Waals surface area contributed by atoms with E-state index >= 15 is 0 Å². The molecule has 2 N–H and O–H groups in total. The van der Waals surface area contributed by atoms with E-state index in [1.165, 1.54) is 0 Å². The fourth-order valence-electron chi connectivity index (χ4n) is 0.883. The van der Waals surface area contributed by atoms with E-state index in [0.29, 0.717) is 5.75 Å². The number of rotatable bonds is 3. The number of hydrogen-bond acceptors (Lipinski definition) is 2. The lowest BCUT2D eigenvalue weighted by Gasteiger charge is -2.23. The second-order valence-corrected chi connectivity index (χ2v) is 5.32. The number of ether oxygens (including phenoxy) is 1. The van der Waals surface area contributed by atoms with Crippen LogP contribution in [-0.2, 0) is 4.79 Å². The van der Waals surface area contributed by atoms with Gasteiger partial charge in [0.1, 0.15) is 5.75 Å². The largest absolute Gasteiger partial charge is 0.477 e. The molecule has 0 fully saturated rings. The second-order valence-electron chi connectivity index (χ2n) is 3.55. The molecule has 0 atom stereocenters. The Balaban J connectivity index is 2.95. The molecule has 0 aliphatic carbocycles. The van der Waals surface area contributed by atoms with Crippen molar-refractivity contribution >= 4 is 37.8 Å². The number of nitrogens with two attached hydrogens (primary N) is 1. The Bertz CT molecular complexity index is 391. The molecule has 1 amide bonds. The molecular weight excluding hydrogens is 326 g/mol. The van der Waals surface area contributed by atoms with Gasteiger partial charge in [-0.1, -0.05) is 15.9 Å². The molecule has 3 nitrogen and oxygen atoms in total. The topological polar surface area (TPSA) is 52.3 Å². The molecule has 1 aromatic rings. The van der Waals surface area contributed by atoms with E-state index < -0.39 is 11.5 Å². The van der Waals surface area contributed by atoms with Crippen LogP contribution in [0.1, 0.15) is 13.8 Å². The fourth-order valence-corrected chi connectivity index (χ4v) is 2.01. The molecule has 0 saturated heterocycles. The average molecular weight is 337 g/mol. The Hall–Kier alpha value is -0.550. The van der Waals surface area contributed by atoms with Crippen LogP contribution in [-0.4, -0.2) is 11.5 Å². The van der Waals surface area contributed by atoms with Crippen molar-refractivity contribution < 1.29 is 9.53 Å². The number of hydrogen-bond donors (Lipinski definition) is 1. The van der Waals surface area contributed by atoms with E-state index in [1.807, 2.05) is 12.1 Å². The maximum absolute atomic E-state index is 11.1. The Morgan fingerprint density at radius 2 is 2.00 bits per heavy atom. The molecule has 1 rings (SSSR count). The quantitative estimate of drug-likeness (QED) is 0.922. The number of carbonyl (C=O) groups is 1. The zero-order valence-corrected chi connectivity index (χ0v) is 11.6. The lowest BCUT2D eigenvalue weighted by Crippen LogP contribution is -2.43. The molecule has 0 aliphatic heterocycles. The van der Waals surface area contributed by atoms with Gasteiger partial charge in [-0.25, -0.2) is 0 Å². The Kier molecular flexibility index (Phi) is 3.78. The van der Waals surface area contributed by atoms with E-state index in [-0.39, 0.29) is 0 Å². The number of halogens is 2. The van der Waals surface area contributed by atoms with Crippen LogP contribution in [0.15, 0.2) is 27.1 Å². The van der Waals surface area contributed by atoms with Crippen molar-refractivity contribution in [1.82, 2.24) is 0 Å². The number of primary amides is 1. The van der Waals surface area contributed by atoms with E-state index in [4.69, 9.17) is 10.5 Å². The van der Waals surface area contributed by atoms with Crippen LogP contribution >= 0.6 is 31.9 Å². The summed E-state index contributed by atoms with van der Waals surface area (Å²) in [5, 5.41) is 0. The Labute approximate surface area is 105 Å². The van der Waals surface area contributed by atoms with Gasteiger partial charge < -0.3 is 10.5 Å². The van der Waals surface area contributed by atoms with E-state index in [2.05, 4.69) is 31.9 Å². The van der Waals surface area contributed by atoms with Gasteiger partial charge in [-0.2, -0.15) is 0 Å². The monoisotopic (exact) mass is 335 g/mol. The van der Waals surface area contributed by atoms with Gasteiger partial charge in [-0.05, 0) is 48.0 Å². The zero-order valence-electron chi connectivity index (χ0n) is 8.38. The number of benzene rings is 1. The number of amides is 1. The van der Waals surface area contributed by atoms with Gasteiger partial charge in [0.25, 0.3) is 5.91 Å². The third-order valence-electron chi connectivity index (χ3n) is 1.85. The van der Waals surface area contributed by atoms with Crippen molar-refractivity contribution in [2.75, 3.05) is 0 Å². The van der Waals surface area contributed by atoms with Gasteiger partial charge in [0.2, 0.25) is 0 Å². The maximum atomic E-state index is 11.1. The fraction of sp³-hybridized carbons (Fsp3) is 0.300. The highest BCUT2D eigenvalue weighted by Gasteiger charge is 2.27. The van der Waals surface area contributed by atoms with Gasteiger partial charge in [-0.3, -0.25) is 4.79 Å². The number of carbonyl (C=O) groups excluding carboxylic acids is 1. The molecule has 15 heavy (non-hydrogen) atoms. The van der Waals surface area contributed by atoms with Crippen molar-refractivity contribution in [2.45, 2.75) is 19.4 Å². The summed E-state index contributed by atoms with van der Waals surface area (Å²) in [4.78, 5) is 11.1. The van der Waals surface area contributed by atoms with Gasteiger partial charge in [0, 0.05) is 4.47 Å². The summed E-state index contributed by atoms with van der Waals surface area (Å²) in [7, 11) is 0. The lowest BCUT2D eigenvalue weighted by atomic mass is 10.1. The van der Waals surface area contributed by atoms with Crippen LogP contribution in [0.5, 0.6) is 5.75 Å². The summed E-state index contributed by atoms with van der Waals surface area (Å²) in [6.45, 7) is 3.26. The molecule has 0 heterocycles. The van der Waals surface area contributed by atoms with Crippen LogP contribution in [0, 0.1) is 0 Å². The summed E-state index contributed by atoms with van der Waals surface area (Å²) in [5.74, 6) is 0.0827. The second kappa shape index (κ2) is 4.53. The molecule has 0 bridgehead atoms. The Morgan fingerprint density at radius 1 is 1.40 bits per heavy atom. The summed E-state index contributed by atoms with van der Waals surface area (Å²) >= 11 is 6.67. The molecule has 0 aromatic heterocycles. The lowest BCUT2D eigenvalue weighted by molar-refractivity contribution is -0.130. The molecule has 0 spiro atoms. The molecular formula is C10H11Br2NO2. The molecule has 5 heteroatoms. The van der Waals surface area contributed by atoms with Crippen LogP contribution in [0.25, 0.3) is 0 Å². The van der Waals surface area contributed by atoms with Crippen molar-refractivity contribution in [3.05, 3.63) is 27.1 Å². The average Bonchev–Trinajstić information content (AvgIpc) is 2.09. The highest BCUT2D eigenvalue weighted by molar-refractivity contribution is 9.11. The minimum absolute atomic E-state index is 0.502. The van der Waals surface area contributed by atoms with Gasteiger partial charge in [0.05, 0.1) is 4.47 Å². The highest BCUT2D eigenvalue weighted by atomic mass is 79.9. The summed E-state index contributed by atoms with van der Waals surface area (Å²) in [5.41, 5.74) is 4.19. The third-order valence-corrected chi connectivity index (χ3v) is 2.97. The predicted octanol–water partition coefficient (Wildman–Crippen LogP) is 2.85. The van der Waals surface area contributed by atoms with Gasteiger partial charge >= 0.3 is 0 Å². The standard InChI is InChI=1S/C10H11Br2NO2/c1-10(2,9(13)14)15-8-4-3-6(11)5-7(8)12/h3-5H,1-2H3,(H2,13,14). The molecule has 0 radical (unpaired) electrons. The normalized spacial score (nSPS) is 11.2. The molecule has 82 valence electrons. The van der Waals surface area contributed by atoms with Crippen molar-refractivity contribution in [2.24, 2.45) is 5.73 Å². The van der Waals surface area contributed by atoms with Crippen LogP contribution < -0.4 is 10.5 Å². The summed E-state index contributed by atoms with van der Waals surface area (Å²) < 4.78 is 7.21. The first-order valence-electron chi connectivity index (χ1n) is 4.27. The first-order valence-corrected chi connectivity index (χ1v) is 5.85. The molecule has 0 aliphatic rings.